The van der Waals surface area contributed by atoms with Crippen LogP contribution in [0.15, 0.2) is 32.9 Å². The van der Waals surface area contributed by atoms with E-state index in [2.05, 4.69) is 4.98 Å². The third kappa shape index (κ3) is 4.70. The van der Waals surface area contributed by atoms with Crippen molar-refractivity contribution in [1.29, 1.82) is 0 Å². The molecular weight excluding hydrogens is 384 g/mol. The third-order valence-corrected chi connectivity index (χ3v) is 5.21. The second kappa shape index (κ2) is 9.38. The number of aliphatic hydroxyl groups excluding tert-OH is 1. The van der Waals surface area contributed by atoms with E-state index in [1.807, 2.05) is 32.9 Å². The lowest BCUT2D eigenvalue weighted by Gasteiger charge is -2.19. The van der Waals surface area contributed by atoms with Crippen molar-refractivity contribution in [2.24, 2.45) is 10.9 Å². The van der Waals surface area contributed by atoms with Crippen LogP contribution in [-0.4, -0.2) is 38.2 Å². The maximum atomic E-state index is 13.0. The van der Waals surface area contributed by atoms with Crippen molar-refractivity contribution in [3.8, 4) is 5.88 Å². The normalized spacial score (nSPS) is 14.4. The van der Waals surface area contributed by atoms with E-state index in [1.54, 1.807) is 13.1 Å². The first kappa shape index (κ1) is 22.0. The van der Waals surface area contributed by atoms with E-state index in [4.69, 9.17) is 14.8 Å². The number of hydrogen-bond donors (Lipinski definition) is 1. The minimum absolute atomic E-state index is 0.0870. The zero-order chi connectivity index (χ0) is 21.8. The van der Waals surface area contributed by atoms with Gasteiger partial charge in [-0.3, -0.25) is 13.9 Å². The topological polar surface area (TPSA) is 98.7 Å². The van der Waals surface area contributed by atoms with Crippen molar-refractivity contribution in [3.05, 3.63) is 50.3 Å². The Morgan fingerprint density at radius 1 is 1.37 bits per heavy atom. The number of ether oxygens (including phenoxy) is 1. The molecule has 8 heteroatoms. The number of nitrogens with zero attached hydrogens (tertiary/aromatic N) is 4. The fourth-order valence-electron chi connectivity index (χ4n) is 3.30. The zero-order valence-electron chi connectivity index (χ0n) is 18.1. The number of pyridine rings is 1. The van der Waals surface area contributed by atoms with E-state index < -0.39 is 5.69 Å². The van der Waals surface area contributed by atoms with Crippen LogP contribution in [0, 0.1) is 12.8 Å². The van der Waals surface area contributed by atoms with Crippen LogP contribution in [0.2, 0.25) is 0 Å². The van der Waals surface area contributed by atoms with Gasteiger partial charge < -0.3 is 9.84 Å². The molecule has 0 unspecified atom stereocenters. The van der Waals surface area contributed by atoms with Crippen LogP contribution in [-0.2, 0) is 6.54 Å². The first-order valence-electron chi connectivity index (χ1n) is 10.4. The predicted octanol–water partition coefficient (Wildman–Crippen LogP) is 2.61. The summed E-state index contributed by atoms with van der Waals surface area (Å²) in [7, 11) is 0. The molecule has 1 aliphatic carbocycles. The van der Waals surface area contributed by atoms with Crippen molar-refractivity contribution in [2.45, 2.75) is 59.5 Å². The maximum absolute atomic E-state index is 13.0. The Labute approximate surface area is 175 Å². The van der Waals surface area contributed by atoms with E-state index in [1.165, 1.54) is 22.0 Å². The van der Waals surface area contributed by atoms with Crippen LogP contribution in [0.4, 0.5) is 5.82 Å². The minimum atomic E-state index is -0.419. The second-order valence-electron chi connectivity index (χ2n) is 8.04. The Hall–Kier alpha value is -2.74. The summed E-state index contributed by atoms with van der Waals surface area (Å²) in [5.41, 5.74) is 0.957. The van der Waals surface area contributed by atoms with Gasteiger partial charge >= 0.3 is 5.69 Å². The maximum Gasteiger partial charge on any atom is 0.332 e. The average Bonchev–Trinajstić information content (AvgIpc) is 3.54. The van der Waals surface area contributed by atoms with E-state index in [0.29, 0.717) is 41.9 Å². The molecule has 1 saturated carbocycles. The molecule has 162 valence electrons. The van der Waals surface area contributed by atoms with Gasteiger partial charge in [-0.1, -0.05) is 0 Å². The molecule has 8 nitrogen and oxygen atoms in total. The van der Waals surface area contributed by atoms with E-state index in [9.17, 15) is 9.59 Å². The molecule has 2 aromatic rings. The van der Waals surface area contributed by atoms with Crippen LogP contribution in [0.1, 0.15) is 57.2 Å². The van der Waals surface area contributed by atoms with Crippen molar-refractivity contribution in [2.75, 3.05) is 13.2 Å². The Bertz CT molecular complexity index is 1050. The fraction of sp³-hybridized carbons (Fsp3) is 0.545. The van der Waals surface area contributed by atoms with Gasteiger partial charge in [0.1, 0.15) is 5.82 Å². The van der Waals surface area contributed by atoms with Crippen LogP contribution >= 0.6 is 0 Å². The van der Waals surface area contributed by atoms with Gasteiger partial charge in [-0.05, 0) is 65.0 Å². The Morgan fingerprint density at radius 3 is 2.73 bits per heavy atom. The molecule has 1 aliphatic rings. The summed E-state index contributed by atoms with van der Waals surface area (Å²) >= 11 is 0. The van der Waals surface area contributed by atoms with Crippen LogP contribution in [0.5, 0.6) is 5.88 Å². The highest BCUT2D eigenvalue weighted by atomic mass is 16.5. The fourth-order valence-corrected chi connectivity index (χ4v) is 3.30. The molecule has 0 aliphatic heterocycles. The molecule has 2 aromatic heterocycles. The number of hydrogen-bond acceptors (Lipinski definition) is 6. The zero-order valence-corrected chi connectivity index (χ0v) is 18.1. The monoisotopic (exact) mass is 414 g/mol. The van der Waals surface area contributed by atoms with Crippen molar-refractivity contribution < 1.29 is 9.84 Å². The highest BCUT2D eigenvalue weighted by Crippen LogP contribution is 2.30. The van der Waals surface area contributed by atoms with Gasteiger partial charge in [0.15, 0.2) is 0 Å². The van der Waals surface area contributed by atoms with Crippen molar-refractivity contribution >= 4 is 11.5 Å². The standard InChI is InChI=1S/C22H30N4O4/c1-14(2)26-19(15(3)21(28)25(22(26)29)11-6-12-27)24-16(4)18-7-5-10-23-20(18)30-13-17-8-9-17/h5,7,10,14,17,27H,6,8-9,11-13H2,1-4H3/b24-16+. The molecule has 30 heavy (non-hydrogen) atoms. The molecular formula is C22H30N4O4. The second-order valence-corrected chi connectivity index (χ2v) is 8.04. The van der Waals surface area contributed by atoms with Gasteiger partial charge in [0.2, 0.25) is 5.88 Å². The number of aromatic nitrogens is 3. The number of aliphatic hydroxyl groups is 1. The SMILES string of the molecule is C/C(=N\c1c(C)c(=O)n(CCCO)c(=O)n1C(C)C)c1cccnc1OCC1CC1. The van der Waals surface area contributed by atoms with Gasteiger partial charge in [0.25, 0.3) is 5.56 Å². The summed E-state index contributed by atoms with van der Waals surface area (Å²) in [6, 6.07) is 3.50. The summed E-state index contributed by atoms with van der Waals surface area (Å²) in [5.74, 6) is 1.45. The lowest BCUT2D eigenvalue weighted by atomic mass is 10.2. The highest BCUT2D eigenvalue weighted by Gasteiger charge is 2.23. The Kier molecular flexibility index (Phi) is 6.87. The van der Waals surface area contributed by atoms with Gasteiger partial charge in [-0.25, -0.2) is 14.8 Å². The van der Waals surface area contributed by atoms with Gasteiger partial charge in [-0.15, -0.1) is 0 Å². The van der Waals surface area contributed by atoms with Gasteiger partial charge in [0, 0.05) is 25.4 Å². The van der Waals surface area contributed by atoms with Crippen molar-refractivity contribution in [1.82, 2.24) is 14.1 Å². The molecule has 0 radical (unpaired) electrons. The van der Waals surface area contributed by atoms with E-state index in [-0.39, 0.29) is 24.8 Å². The lowest BCUT2D eigenvalue weighted by molar-refractivity contribution is 0.277. The molecule has 0 atom stereocenters. The molecule has 0 amide bonds. The highest BCUT2D eigenvalue weighted by molar-refractivity contribution is 6.02. The Balaban J connectivity index is 2.08. The predicted molar refractivity (Wildman–Crippen MR) is 116 cm³/mol. The summed E-state index contributed by atoms with van der Waals surface area (Å²) in [6.07, 6.45) is 4.38. The molecule has 1 fully saturated rings. The summed E-state index contributed by atoms with van der Waals surface area (Å²) in [6.45, 7) is 7.98. The van der Waals surface area contributed by atoms with Crippen molar-refractivity contribution in [3.63, 3.8) is 0 Å². The molecule has 0 bridgehead atoms. The van der Waals surface area contributed by atoms with Crippen LogP contribution in [0.3, 0.4) is 0 Å². The van der Waals surface area contributed by atoms with E-state index >= 15 is 0 Å². The molecule has 1 N–H and O–H groups in total. The molecule has 0 spiro atoms. The number of rotatable bonds is 9. The quantitative estimate of drug-likeness (QED) is 0.636. The molecule has 0 aromatic carbocycles. The van der Waals surface area contributed by atoms with E-state index in [0.717, 1.165) is 5.56 Å². The lowest BCUT2D eigenvalue weighted by Crippen LogP contribution is -2.42. The Morgan fingerprint density at radius 2 is 2.10 bits per heavy atom. The summed E-state index contributed by atoms with van der Waals surface area (Å²) in [4.78, 5) is 34.9. The smallest absolute Gasteiger partial charge is 0.332 e. The summed E-state index contributed by atoms with van der Waals surface area (Å²) < 4.78 is 8.59. The van der Waals surface area contributed by atoms with Gasteiger partial charge in [-0.2, -0.15) is 0 Å². The third-order valence-electron chi connectivity index (χ3n) is 5.21. The first-order valence-corrected chi connectivity index (χ1v) is 10.4. The molecule has 2 heterocycles. The summed E-state index contributed by atoms with van der Waals surface area (Å²) in [5, 5.41) is 9.10. The first-order chi connectivity index (χ1) is 14.3. The average molecular weight is 415 g/mol. The van der Waals surface area contributed by atoms with Crippen LogP contribution < -0.4 is 16.0 Å². The number of aliphatic imine (C=N–C) groups is 1. The van der Waals surface area contributed by atoms with Crippen LogP contribution in [0.25, 0.3) is 0 Å². The van der Waals surface area contributed by atoms with Gasteiger partial charge in [0.05, 0.1) is 23.4 Å². The minimum Gasteiger partial charge on any atom is -0.477 e. The largest absolute Gasteiger partial charge is 0.477 e. The molecule has 3 rings (SSSR count). The molecule has 0 saturated heterocycles.